The minimum absolute atomic E-state index is 0.143. The highest BCUT2D eigenvalue weighted by molar-refractivity contribution is 7.10. The minimum Gasteiger partial charge on any atom is -0.355 e. The summed E-state index contributed by atoms with van der Waals surface area (Å²) in [5, 5.41) is 5.05. The molecule has 1 aromatic rings. The molecule has 4 heteroatoms. The molecule has 94 valence electrons. The summed E-state index contributed by atoms with van der Waals surface area (Å²) in [5.74, 6) is 0.143. The number of carbonyl (C=O) groups is 1. The van der Waals surface area contributed by atoms with Crippen LogP contribution in [-0.2, 0) is 11.2 Å². The molecule has 0 saturated carbocycles. The molecule has 1 N–H and O–H groups in total. The average molecular weight is 252 g/mol. The Kier molecular flexibility index (Phi) is 4.18. The summed E-state index contributed by atoms with van der Waals surface area (Å²) in [6.07, 6.45) is 2.16. The lowest BCUT2D eigenvalue weighted by Gasteiger charge is -2.34. The molecule has 0 fully saturated rings. The number of fused-ring (bicyclic) bond motifs is 1. The second kappa shape index (κ2) is 5.65. The van der Waals surface area contributed by atoms with Crippen molar-refractivity contribution in [1.82, 2.24) is 10.2 Å². The molecule has 0 saturated heterocycles. The molecule has 1 aliphatic heterocycles. The molecule has 3 nitrogen and oxygen atoms in total. The summed E-state index contributed by atoms with van der Waals surface area (Å²) in [5.41, 5.74) is 1.44. The summed E-state index contributed by atoms with van der Waals surface area (Å²) < 4.78 is 0. The summed E-state index contributed by atoms with van der Waals surface area (Å²) in [4.78, 5) is 15.5. The van der Waals surface area contributed by atoms with Gasteiger partial charge in [0.25, 0.3) is 0 Å². The maximum atomic E-state index is 11.7. The summed E-state index contributed by atoms with van der Waals surface area (Å²) in [6.45, 7) is 6.41. The van der Waals surface area contributed by atoms with Crippen molar-refractivity contribution in [3.05, 3.63) is 21.9 Å². The Bertz CT molecular complexity index is 389. The van der Waals surface area contributed by atoms with E-state index in [2.05, 4.69) is 28.6 Å². The number of likely N-dealkylation sites (N-methyl/N-ethyl adjacent to an activating group) is 1. The van der Waals surface area contributed by atoms with Gasteiger partial charge in [-0.25, -0.2) is 0 Å². The molecule has 0 aliphatic carbocycles. The number of amides is 1. The first kappa shape index (κ1) is 12.6. The van der Waals surface area contributed by atoms with Crippen LogP contribution in [0, 0.1) is 0 Å². The zero-order valence-electron chi connectivity index (χ0n) is 10.5. The van der Waals surface area contributed by atoms with Crippen molar-refractivity contribution >= 4 is 17.2 Å². The zero-order valence-corrected chi connectivity index (χ0v) is 11.3. The van der Waals surface area contributed by atoms with Crippen molar-refractivity contribution < 1.29 is 4.79 Å². The first-order chi connectivity index (χ1) is 8.26. The van der Waals surface area contributed by atoms with Crippen molar-refractivity contribution in [2.45, 2.75) is 32.7 Å². The lowest BCUT2D eigenvalue weighted by molar-refractivity contribution is -0.122. The van der Waals surface area contributed by atoms with Crippen LogP contribution in [0.4, 0.5) is 0 Å². The van der Waals surface area contributed by atoms with E-state index in [4.69, 9.17) is 0 Å². The molecule has 0 bridgehead atoms. The van der Waals surface area contributed by atoms with E-state index in [0.29, 0.717) is 19.1 Å². The van der Waals surface area contributed by atoms with Crippen molar-refractivity contribution in [3.63, 3.8) is 0 Å². The van der Waals surface area contributed by atoms with E-state index < -0.39 is 0 Å². The van der Waals surface area contributed by atoms with Gasteiger partial charge in [-0.2, -0.15) is 0 Å². The maximum Gasteiger partial charge on any atom is 0.234 e. The summed E-state index contributed by atoms with van der Waals surface area (Å²) in [6, 6.07) is 2.64. The number of nitrogens with one attached hydrogen (secondary N) is 1. The molecule has 2 heterocycles. The highest BCUT2D eigenvalue weighted by atomic mass is 32.1. The molecule has 1 unspecified atom stereocenters. The van der Waals surface area contributed by atoms with E-state index >= 15 is 0 Å². The van der Waals surface area contributed by atoms with Gasteiger partial charge < -0.3 is 5.32 Å². The SMILES string of the molecule is CCNC(=O)CN1CCc2sccc2C1CC. The van der Waals surface area contributed by atoms with E-state index in [1.807, 2.05) is 18.3 Å². The van der Waals surface area contributed by atoms with Crippen LogP contribution in [0.5, 0.6) is 0 Å². The second-order valence-corrected chi connectivity index (χ2v) is 5.40. The molecule has 1 amide bonds. The highest BCUT2D eigenvalue weighted by Crippen LogP contribution is 2.34. The smallest absolute Gasteiger partial charge is 0.234 e. The van der Waals surface area contributed by atoms with Crippen molar-refractivity contribution in [3.8, 4) is 0 Å². The van der Waals surface area contributed by atoms with Gasteiger partial charge in [-0.1, -0.05) is 6.92 Å². The molecular weight excluding hydrogens is 232 g/mol. The van der Waals surface area contributed by atoms with Gasteiger partial charge in [0.05, 0.1) is 6.54 Å². The average Bonchev–Trinajstić information content (AvgIpc) is 2.77. The standard InChI is InChI=1S/C13H20N2OS/c1-3-11-10-6-8-17-12(10)5-7-15(11)9-13(16)14-4-2/h6,8,11H,3-5,7,9H2,1-2H3,(H,14,16). The third kappa shape index (κ3) is 2.69. The summed E-state index contributed by atoms with van der Waals surface area (Å²) >= 11 is 1.85. The molecule has 1 aliphatic rings. The Balaban J connectivity index is 2.07. The fraction of sp³-hybridized carbons (Fsp3) is 0.615. The van der Waals surface area contributed by atoms with Gasteiger partial charge in [-0.05, 0) is 36.8 Å². The van der Waals surface area contributed by atoms with Gasteiger partial charge in [-0.3, -0.25) is 9.69 Å². The van der Waals surface area contributed by atoms with Crippen LogP contribution < -0.4 is 5.32 Å². The van der Waals surface area contributed by atoms with Crippen LogP contribution in [0.2, 0.25) is 0 Å². The lowest BCUT2D eigenvalue weighted by Crippen LogP contribution is -2.42. The minimum atomic E-state index is 0.143. The Morgan fingerprint density at radius 3 is 3.12 bits per heavy atom. The number of carbonyl (C=O) groups excluding carboxylic acids is 1. The summed E-state index contributed by atoms with van der Waals surface area (Å²) in [7, 11) is 0. The predicted octanol–water partition coefficient (Wildman–Crippen LogP) is 2.19. The number of thiophene rings is 1. The number of hydrogen-bond acceptors (Lipinski definition) is 3. The van der Waals surface area contributed by atoms with E-state index in [1.165, 1.54) is 10.4 Å². The van der Waals surface area contributed by atoms with E-state index in [-0.39, 0.29) is 5.91 Å². The van der Waals surface area contributed by atoms with Crippen LogP contribution >= 0.6 is 11.3 Å². The fourth-order valence-electron chi connectivity index (χ4n) is 2.55. The van der Waals surface area contributed by atoms with Crippen LogP contribution in [0.15, 0.2) is 11.4 Å². The Morgan fingerprint density at radius 1 is 1.59 bits per heavy atom. The highest BCUT2D eigenvalue weighted by Gasteiger charge is 2.27. The third-order valence-electron chi connectivity index (χ3n) is 3.31. The number of rotatable bonds is 4. The van der Waals surface area contributed by atoms with Crippen LogP contribution in [0.25, 0.3) is 0 Å². The normalized spacial score (nSPS) is 20.0. The molecular formula is C13H20N2OS. The van der Waals surface area contributed by atoms with Gasteiger partial charge in [0.1, 0.15) is 0 Å². The van der Waals surface area contributed by atoms with Gasteiger partial charge in [-0.15, -0.1) is 11.3 Å². The molecule has 17 heavy (non-hydrogen) atoms. The van der Waals surface area contributed by atoms with Crippen molar-refractivity contribution in [2.75, 3.05) is 19.6 Å². The molecule has 0 aromatic carbocycles. The van der Waals surface area contributed by atoms with E-state index in [0.717, 1.165) is 19.4 Å². The van der Waals surface area contributed by atoms with Crippen LogP contribution in [0.3, 0.4) is 0 Å². The topological polar surface area (TPSA) is 32.3 Å². The Labute approximate surface area is 107 Å². The number of hydrogen-bond donors (Lipinski definition) is 1. The van der Waals surface area contributed by atoms with Crippen molar-refractivity contribution in [2.24, 2.45) is 0 Å². The second-order valence-electron chi connectivity index (χ2n) is 4.40. The molecule has 0 spiro atoms. The predicted molar refractivity (Wildman–Crippen MR) is 71.3 cm³/mol. The Hall–Kier alpha value is -0.870. The first-order valence-corrected chi connectivity index (χ1v) is 7.21. The van der Waals surface area contributed by atoms with Gasteiger partial charge >= 0.3 is 0 Å². The lowest BCUT2D eigenvalue weighted by atomic mass is 9.98. The van der Waals surface area contributed by atoms with Crippen LogP contribution in [0.1, 0.15) is 36.8 Å². The fourth-order valence-corrected chi connectivity index (χ4v) is 3.48. The Morgan fingerprint density at radius 2 is 2.41 bits per heavy atom. The molecule has 2 rings (SSSR count). The molecule has 1 atom stereocenters. The van der Waals surface area contributed by atoms with Gasteiger partial charge in [0.15, 0.2) is 0 Å². The largest absolute Gasteiger partial charge is 0.355 e. The monoisotopic (exact) mass is 252 g/mol. The molecule has 0 radical (unpaired) electrons. The van der Waals surface area contributed by atoms with Gasteiger partial charge in [0, 0.05) is 24.0 Å². The van der Waals surface area contributed by atoms with Gasteiger partial charge in [0.2, 0.25) is 5.91 Å². The van der Waals surface area contributed by atoms with E-state index in [9.17, 15) is 4.79 Å². The van der Waals surface area contributed by atoms with Crippen LogP contribution in [-0.4, -0.2) is 30.4 Å². The quantitative estimate of drug-likeness (QED) is 0.891. The number of nitrogens with zero attached hydrogens (tertiary/aromatic N) is 1. The first-order valence-electron chi connectivity index (χ1n) is 6.33. The van der Waals surface area contributed by atoms with E-state index in [1.54, 1.807) is 0 Å². The zero-order chi connectivity index (χ0) is 12.3. The third-order valence-corrected chi connectivity index (χ3v) is 4.31. The maximum absolute atomic E-state index is 11.7. The molecule has 1 aromatic heterocycles. The van der Waals surface area contributed by atoms with Crippen molar-refractivity contribution in [1.29, 1.82) is 0 Å².